The quantitative estimate of drug-likeness (QED) is 0.664. The van der Waals surface area contributed by atoms with E-state index in [1.807, 2.05) is 26.0 Å². The summed E-state index contributed by atoms with van der Waals surface area (Å²) in [4.78, 5) is 4.19. The number of hydrogen-bond donors (Lipinski definition) is 1. The van der Waals surface area contributed by atoms with Gasteiger partial charge in [0, 0.05) is 5.39 Å². The molecule has 1 heterocycles. The van der Waals surface area contributed by atoms with Crippen molar-refractivity contribution in [3.63, 3.8) is 0 Å². The summed E-state index contributed by atoms with van der Waals surface area (Å²) >= 11 is 0. The normalized spacial score (nSPS) is 10.6. The van der Waals surface area contributed by atoms with E-state index < -0.39 is 0 Å². The molecule has 1 N–H and O–H groups in total. The summed E-state index contributed by atoms with van der Waals surface area (Å²) in [5.41, 5.74) is 3.25. The van der Waals surface area contributed by atoms with E-state index in [1.54, 1.807) is 6.07 Å². The van der Waals surface area contributed by atoms with Crippen LogP contribution in [-0.4, -0.2) is 10.1 Å². The number of fused-ring (bicyclic) bond motifs is 1. The minimum Gasteiger partial charge on any atom is -0.506 e. The van der Waals surface area contributed by atoms with Gasteiger partial charge >= 0.3 is 0 Å². The third kappa shape index (κ3) is 1.24. The van der Waals surface area contributed by atoms with Gasteiger partial charge in [-0.25, -0.2) is 0 Å². The minimum absolute atomic E-state index is 0.223. The third-order valence-corrected chi connectivity index (χ3v) is 2.25. The molecule has 66 valence electrons. The summed E-state index contributed by atoms with van der Waals surface area (Å²) < 4.78 is 0. The monoisotopic (exact) mass is 173 g/mol. The largest absolute Gasteiger partial charge is 0.506 e. The van der Waals surface area contributed by atoms with Crippen LogP contribution in [-0.2, 0) is 0 Å². The minimum atomic E-state index is 0.223. The van der Waals surface area contributed by atoms with Gasteiger partial charge in [-0.15, -0.1) is 0 Å². The van der Waals surface area contributed by atoms with E-state index in [0.29, 0.717) is 0 Å². The zero-order valence-corrected chi connectivity index (χ0v) is 7.70. The van der Waals surface area contributed by atoms with Gasteiger partial charge in [-0.3, -0.25) is 4.98 Å². The van der Waals surface area contributed by atoms with Gasteiger partial charge in [0.15, 0.2) is 0 Å². The van der Waals surface area contributed by atoms with Gasteiger partial charge in [0.1, 0.15) is 5.75 Å². The highest BCUT2D eigenvalue weighted by Crippen LogP contribution is 2.23. The van der Waals surface area contributed by atoms with E-state index in [0.717, 1.165) is 22.0 Å². The van der Waals surface area contributed by atoms with Crippen molar-refractivity contribution in [2.24, 2.45) is 0 Å². The molecule has 2 aromatic rings. The molecule has 1 aromatic heterocycles. The molecule has 0 atom stereocenters. The van der Waals surface area contributed by atoms with Crippen LogP contribution in [0.2, 0.25) is 0 Å². The third-order valence-electron chi connectivity index (χ3n) is 2.25. The van der Waals surface area contributed by atoms with Crippen LogP contribution in [0.1, 0.15) is 11.1 Å². The molecule has 2 heteroatoms. The molecule has 0 amide bonds. The second-order valence-corrected chi connectivity index (χ2v) is 3.29. The van der Waals surface area contributed by atoms with Crippen molar-refractivity contribution in [2.45, 2.75) is 13.8 Å². The average Bonchev–Trinajstić information content (AvgIpc) is 2.12. The summed E-state index contributed by atoms with van der Waals surface area (Å²) in [5.74, 6) is 0.223. The highest BCUT2D eigenvalue weighted by atomic mass is 16.3. The van der Waals surface area contributed by atoms with Gasteiger partial charge < -0.3 is 5.11 Å². The fraction of sp³-hybridized carbons (Fsp3) is 0.182. The maximum atomic E-state index is 9.28. The van der Waals surface area contributed by atoms with Crippen molar-refractivity contribution in [2.75, 3.05) is 0 Å². The molecule has 2 nitrogen and oxygen atoms in total. The molecule has 0 saturated carbocycles. The topological polar surface area (TPSA) is 33.1 Å². The number of nitrogens with zero attached hydrogens (tertiary/aromatic N) is 1. The highest BCUT2D eigenvalue weighted by molar-refractivity contribution is 5.85. The first kappa shape index (κ1) is 8.05. The lowest BCUT2D eigenvalue weighted by Crippen LogP contribution is -1.85. The van der Waals surface area contributed by atoms with Crippen molar-refractivity contribution in [3.8, 4) is 5.75 Å². The van der Waals surface area contributed by atoms with Gasteiger partial charge in [0.2, 0.25) is 0 Å². The smallest absolute Gasteiger partial charge is 0.134 e. The lowest BCUT2D eigenvalue weighted by molar-refractivity contribution is 0.474. The molecule has 0 radical (unpaired) electrons. The summed E-state index contributed by atoms with van der Waals surface area (Å²) in [6, 6.07) is 5.84. The number of aryl methyl sites for hydroxylation is 2. The van der Waals surface area contributed by atoms with E-state index in [2.05, 4.69) is 4.98 Å². The highest BCUT2D eigenvalue weighted by Gasteiger charge is 2.01. The Labute approximate surface area is 76.9 Å². The molecule has 13 heavy (non-hydrogen) atoms. The lowest BCUT2D eigenvalue weighted by atomic mass is 10.1. The molecule has 0 aliphatic rings. The summed E-state index contributed by atoms with van der Waals surface area (Å²) in [7, 11) is 0. The maximum Gasteiger partial charge on any atom is 0.134 e. The Hall–Kier alpha value is -1.57. The lowest BCUT2D eigenvalue weighted by Gasteiger charge is -2.04. The van der Waals surface area contributed by atoms with E-state index in [4.69, 9.17) is 0 Å². The van der Waals surface area contributed by atoms with Crippen LogP contribution in [0.4, 0.5) is 0 Å². The van der Waals surface area contributed by atoms with E-state index >= 15 is 0 Å². The Morgan fingerprint density at radius 3 is 2.62 bits per heavy atom. The zero-order chi connectivity index (χ0) is 9.42. The number of aromatic hydroxyl groups is 1. The van der Waals surface area contributed by atoms with Crippen molar-refractivity contribution < 1.29 is 5.11 Å². The number of aromatic nitrogens is 1. The molecular formula is C11H11NO. The second-order valence-electron chi connectivity index (χ2n) is 3.29. The molecule has 0 saturated heterocycles. The molecular weight excluding hydrogens is 162 g/mol. The van der Waals surface area contributed by atoms with Gasteiger partial charge in [-0.1, -0.05) is 12.1 Å². The van der Waals surface area contributed by atoms with Crippen LogP contribution in [0, 0.1) is 13.8 Å². The van der Waals surface area contributed by atoms with Gasteiger partial charge in [0.25, 0.3) is 0 Å². The van der Waals surface area contributed by atoms with E-state index in [1.165, 1.54) is 6.20 Å². The number of rotatable bonds is 0. The van der Waals surface area contributed by atoms with Gasteiger partial charge in [0.05, 0.1) is 11.7 Å². The molecule has 1 aromatic carbocycles. The van der Waals surface area contributed by atoms with Crippen molar-refractivity contribution >= 4 is 10.9 Å². The molecule has 0 unspecified atom stereocenters. The number of benzene rings is 1. The van der Waals surface area contributed by atoms with Crippen LogP contribution in [0.15, 0.2) is 24.4 Å². The fourth-order valence-corrected chi connectivity index (χ4v) is 1.49. The SMILES string of the molecule is Cc1ccc(C)c2ncc(O)cc12. The van der Waals surface area contributed by atoms with Crippen LogP contribution in [0.25, 0.3) is 10.9 Å². The van der Waals surface area contributed by atoms with Crippen LogP contribution in [0.3, 0.4) is 0 Å². The Kier molecular flexibility index (Phi) is 1.69. The van der Waals surface area contributed by atoms with Crippen molar-refractivity contribution in [1.29, 1.82) is 0 Å². The predicted octanol–water partition coefficient (Wildman–Crippen LogP) is 2.56. The maximum absolute atomic E-state index is 9.28. The van der Waals surface area contributed by atoms with Crippen molar-refractivity contribution in [1.82, 2.24) is 4.98 Å². The molecule has 0 spiro atoms. The van der Waals surface area contributed by atoms with Crippen LogP contribution >= 0.6 is 0 Å². The summed E-state index contributed by atoms with van der Waals surface area (Å²) in [6.45, 7) is 4.04. The van der Waals surface area contributed by atoms with E-state index in [-0.39, 0.29) is 5.75 Å². The Morgan fingerprint density at radius 1 is 1.15 bits per heavy atom. The second kappa shape index (κ2) is 2.73. The zero-order valence-electron chi connectivity index (χ0n) is 7.70. The molecule has 0 aliphatic carbocycles. The number of hydrogen-bond acceptors (Lipinski definition) is 2. The fourth-order valence-electron chi connectivity index (χ4n) is 1.49. The molecule has 0 bridgehead atoms. The summed E-state index contributed by atoms with van der Waals surface area (Å²) in [6.07, 6.45) is 1.48. The first-order valence-corrected chi connectivity index (χ1v) is 4.23. The Morgan fingerprint density at radius 2 is 1.85 bits per heavy atom. The summed E-state index contributed by atoms with van der Waals surface area (Å²) in [5, 5.41) is 10.3. The first-order chi connectivity index (χ1) is 6.18. The van der Waals surface area contributed by atoms with Gasteiger partial charge in [-0.05, 0) is 31.0 Å². The first-order valence-electron chi connectivity index (χ1n) is 4.23. The van der Waals surface area contributed by atoms with Crippen LogP contribution < -0.4 is 0 Å². The molecule has 0 aliphatic heterocycles. The average molecular weight is 173 g/mol. The number of pyridine rings is 1. The predicted molar refractivity (Wildman–Crippen MR) is 52.9 cm³/mol. The molecule has 2 rings (SSSR count). The Balaban J connectivity index is 2.92. The van der Waals surface area contributed by atoms with Gasteiger partial charge in [-0.2, -0.15) is 0 Å². The Bertz CT molecular complexity index is 463. The standard InChI is InChI=1S/C11H11NO/c1-7-3-4-8(2)11-10(7)5-9(13)6-12-11/h3-6,13H,1-2H3. The molecule has 0 fully saturated rings. The van der Waals surface area contributed by atoms with E-state index in [9.17, 15) is 5.11 Å². The van der Waals surface area contributed by atoms with Crippen LogP contribution in [0.5, 0.6) is 5.75 Å². The van der Waals surface area contributed by atoms with Crippen molar-refractivity contribution in [3.05, 3.63) is 35.5 Å².